The second-order valence-electron chi connectivity index (χ2n) is 6.68. The Morgan fingerprint density at radius 3 is 2.41 bits per heavy atom. The molecule has 0 aliphatic carbocycles. The van der Waals surface area contributed by atoms with Crippen molar-refractivity contribution in [3.8, 4) is 11.5 Å². The van der Waals surface area contributed by atoms with Crippen molar-refractivity contribution in [1.29, 1.82) is 0 Å². The maximum atomic E-state index is 12.5. The first kappa shape index (κ1) is 20.4. The summed E-state index contributed by atoms with van der Waals surface area (Å²) in [6.07, 6.45) is 1.48. The van der Waals surface area contributed by atoms with Gasteiger partial charge in [-0.3, -0.25) is 9.59 Å². The Morgan fingerprint density at radius 2 is 1.79 bits per heavy atom. The Morgan fingerprint density at radius 1 is 1.03 bits per heavy atom. The highest BCUT2D eigenvalue weighted by molar-refractivity contribution is 6.01. The molecule has 0 radical (unpaired) electrons. The number of ketones is 1. The number of hydrogen-bond donors (Lipinski definition) is 0. The van der Waals surface area contributed by atoms with E-state index in [2.05, 4.69) is 0 Å². The number of methoxy groups -OCH3 is 2. The molecule has 2 aromatic carbocycles. The van der Waals surface area contributed by atoms with Crippen molar-refractivity contribution in [2.75, 3.05) is 27.4 Å². The second kappa shape index (κ2) is 9.23. The van der Waals surface area contributed by atoms with Crippen molar-refractivity contribution in [2.45, 2.75) is 19.4 Å². The first-order valence-corrected chi connectivity index (χ1v) is 9.31. The molecule has 3 rings (SSSR count). The molecule has 0 aromatic heterocycles. The first-order valence-electron chi connectivity index (χ1n) is 9.31. The number of amides is 1. The second-order valence-corrected chi connectivity index (χ2v) is 6.68. The lowest BCUT2D eigenvalue weighted by molar-refractivity contribution is -0.128. The van der Waals surface area contributed by atoms with Crippen LogP contribution in [0.2, 0.25) is 0 Å². The molecule has 7 heteroatoms. The average Bonchev–Trinajstić information content (AvgIpc) is 3.16. The summed E-state index contributed by atoms with van der Waals surface area (Å²) < 4.78 is 15.5. The van der Waals surface area contributed by atoms with Gasteiger partial charge in [0.15, 0.2) is 6.61 Å². The third-order valence-electron chi connectivity index (χ3n) is 4.78. The molecule has 1 saturated heterocycles. The number of nitrogens with zero attached hydrogens (tertiary/aromatic N) is 1. The Labute approximate surface area is 169 Å². The molecule has 0 bridgehead atoms. The maximum absolute atomic E-state index is 12.5. The molecule has 1 aliphatic heterocycles. The molecule has 152 valence electrons. The summed E-state index contributed by atoms with van der Waals surface area (Å²) >= 11 is 0. The van der Waals surface area contributed by atoms with Crippen LogP contribution in [0.1, 0.15) is 39.1 Å². The number of Topliss-reactive ketones (excluding diaryl/α,β-unsaturated/α-hetero) is 1. The van der Waals surface area contributed by atoms with Gasteiger partial charge in [-0.05, 0) is 42.3 Å². The van der Waals surface area contributed by atoms with E-state index in [9.17, 15) is 14.4 Å². The lowest BCUT2D eigenvalue weighted by Crippen LogP contribution is -2.23. The zero-order valence-corrected chi connectivity index (χ0v) is 16.5. The number of likely N-dealkylation sites (tertiary alicyclic amines) is 1. The third kappa shape index (κ3) is 4.93. The van der Waals surface area contributed by atoms with E-state index in [-0.39, 0.29) is 11.5 Å². The van der Waals surface area contributed by atoms with E-state index in [1.807, 2.05) is 0 Å². The Bertz CT molecular complexity index is 906. The topological polar surface area (TPSA) is 82.1 Å². The van der Waals surface area contributed by atoms with Gasteiger partial charge in [-0.1, -0.05) is 12.1 Å². The van der Waals surface area contributed by atoms with Crippen LogP contribution >= 0.6 is 0 Å². The van der Waals surface area contributed by atoms with Gasteiger partial charge < -0.3 is 19.1 Å². The monoisotopic (exact) mass is 397 g/mol. The van der Waals surface area contributed by atoms with E-state index < -0.39 is 18.4 Å². The van der Waals surface area contributed by atoms with Gasteiger partial charge in [-0.2, -0.15) is 0 Å². The molecule has 29 heavy (non-hydrogen) atoms. The quantitative estimate of drug-likeness (QED) is 0.503. The molecule has 1 aliphatic rings. The van der Waals surface area contributed by atoms with E-state index in [1.54, 1.807) is 47.4 Å². The fourth-order valence-electron chi connectivity index (χ4n) is 3.16. The van der Waals surface area contributed by atoms with Crippen molar-refractivity contribution in [1.82, 2.24) is 4.90 Å². The van der Waals surface area contributed by atoms with Crippen molar-refractivity contribution in [2.24, 2.45) is 0 Å². The average molecular weight is 397 g/mol. The Hall–Kier alpha value is -3.35. The third-order valence-corrected chi connectivity index (χ3v) is 4.78. The predicted octanol–water partition coefficient (Wildman–Crippen LogP) is 2.87. The molecule has 1 amide bonds. The van der Waals surface area contributed by atoms with Crippen LogP contribution in [0, 0.1) is 0 Å². The van der Waals surface area contributed by atoms with Crippen molar-refractivity contribution in [3.05, 3.63) is 59.2 Å². The minimum atomic E-state index is -0.594. The smallest absolute Gasteiger partial charge is 0.338 e. The molecule has 0 spiro atoms. The standard InChI is InChI=1S/C22H23NO6/c1-27-17-9-10-20(28-2)18(12-17)19(24)14-29-22(26)16-7-5-15(6-8-16)13-23-11-3-4-21(23)25/h5-10,12H,3-4,11,13-14H2,1-2H3. The van der Waals surface area contributed by atoms with E-state index in [0.717, 1.165) is 18.5 Å². The Balaban J connectivity index is 1.59. The zero-order chi connectivity index (χ0) is 20.8. The maximum Gasteiger partial charge on any atom is 0.338 e. The van der Waals surface area contributed by atoms with Crippen LogP contribution < -0.4 is 9.47 Å². The van der Waals surface area contributed by atoms with Gasteiger partial charge in [-0.25, -0.2) is 4.79 Å². The van der Waals surface area contributed by atoms with Crippen LogP contribution in [0.15, 0.2) is 42.5 Å². The van der Waals surface area contributed by atoms with Crippen LogP contribution in [0.3, 0.4) is 0 Å². The lowest BCUT2D eigenvalue weighted by atomic mass is 10.1. The molecule has 0 atom stereocenters. The molecular formula is C22H23NO6. The number of hydrogen-bond acceptors (Lipinski definition) is 6. The molecular weight excluding hydrogens is 374 g/mol. The summed E-state index contributed by atoms with van der Waals surface area (Å²) in [5.41, 5.74) is 1.56. The van der Waals surface area contributed by atoms with E-state index in [1.165, 1.54) is 14.2 Å². The van der Waals surface area contributed by atoms with Gasteiger partial charge in [0.05, 0.1) is 25.3 Å². The minimum absolute atomic E-state index is 0.153. The number of benzene rings is 2. The van der Waals surface area contributed by atoms with Gasteiger partial charge in [0.2, 0.25) is 11.7 Å². The van der Waals surface area contributed by atoms with E-state index in [4.69, 9.17) is 14.2 Å². The van der Waals surface area contributed by atoms with Crippen molar-refractivity contribution < 1.29 is 28.6 Å². The predicted molar refractivity (Wildman–Crippen MR) is 105 cm³/mol. The lowest BCUT2D eigenvalue weighted by Gasteiger charge is -2.15. The highest BCUT2D eigenvalue weighted by Gasteiger charge is 2.20. The van der Waals surface area contributed by atoms with Crippen molar-refractivity contribution in [3.63, 3.8) is 0 Å². The zero-order valence-electron chi connectivity index (χ0n) is 16.5. The van der Waals surface area contributed by atoms with Gasteiger partial charge in [0, 0.05) is 19.5 Å². The number of carbonyl (C=O) groups is 3. The van der Waals surface area contributed by atoms with Crippen molar-refractivity contribution >= 4 is 17.7 Å². The molecule has 1 heterocycles. The number of ether oxygens (including phenoxy) is 3. The van der Waals surface area contributed by atoms with Crippen LogP contribution in [0.25, 0.3) is 0 Å². The largest absolute Gasteiger partial charge is 0.497 e. The normalized spacial score (nSPS) is 13.3. The highest BCUT2D eigenvalue weighted by Crippen LogP contribution is 2.24. The number of esters is 1. The van der Waals surface area contributed by atoms with Gasteiger partial charge in [-0.15, -0.1) is 0 Å². The fourth-order valence-corrected chi connectivity index (χ4v) is 3.16. The molecule has 0 saturated carbocycles. The van der Waals surface area contributed by atoms with Crippen LogP contribution in [-0.4, -0.2) is 49.9 Å². The van der Waals surface area contributed by atoms with Gasteiger partial charge in [0.1, 0.15) is 11.5 Å². The summed E-state index contributed by atoms with van der Waals surface area (Å²) in [7, 11) is 2.96. The van der Waals surface area contributed by atoms with E-state index >= 15 is 0 Å². The van der Waals surface area contributed by atoms with Gasteiger partial charge >= 0.3 is 5.97 Å². The Kier molecular flexibility index (Phi) is 6.49. The molecule has 7 nitrogen and oxygen atoms in total. The summed E-state index contributed by atoms with van der Waals surface area (Å²) in [6, 6.07) is 11.7. The van der Waals surface area contributed by atoms with Crippen LogP contribution in [0.5, 0.6) is 11.5 Å². The van der Waals surface area contributed by atoms with Crippen LogP contribution in [-0.2, 0) is 16.1 Å². The summed E-state index contributed by atoms with van der Waals surface area (Å²) in [5, 5.41) is 0. The highest BCUT2D eigenvalue weighted by atomic mass is 16.5. The molecule has 0 unspecified atom stereocenters. The summed E-state index contributed by atoms with van der Waals surface area (Å²) in [6.45, 7) is 0.882. The SMILES string of the molecule is COc1ccc(OC)c(C(=O)COC(=O)c2ccc(CN3CCCC3=O)cc2)c1. The number of rotatable bonds is 8. The molecule has 0 N–H and O–H groups in total. The van der Waals surface area contributed by atoms with E-state index in [0.29, 0.717) is 30.0 Å². The molecule has 2 aromatic rings. The summed E-state index contributed by atoms with van der Waals surface area (Å²) in [4.78, 5) is 38.2. The van der Waals surface area contributed by atoms with Gasteiger partial charge in [0.25, 0.3) is 0 Å². The van der Waals surface area contributed by atoms with Crippen LogP contribution in [0.4, 0.5) is 0 Å². The summed E-state index contributed by atoms with van der Waals surface area (Å²) in [5.74, 6) is 0.0578. The molecule has 1 fully saturated rings. The fraction of sp³-hybridized carbons (Fsp3) is 0.318. The first-order chi connectivity index (χ1) is 14.0. The number of carbonyl (C=O) groups excluding carboxylic acids is 3. The minimum Gasteiger partial charge on any atom is -0.497 e.